The molecule has 25 heavy (non-hydrogen) atoms. The van der Waals surface area contributed by atoms with Gasteiger partial charge in [0.05, 0.1) is 22.8 Å². The first-order chi connectivity index (χ1) is 11.7. The number of nitrogens with zero attached hydrogens (tertiary/aromatic N) is 1. The second-order valence-corrected chi connectivity index (χ2v) is 7.35. The molecule has 1 aliphatic rings. The van der Waals surface area contributed by atoms with E-state index in [1.54, 1.807) is 6.07 Å². The normalized spacial score (nSPS) is 18.0. The van der Waals surface area contributed by atoms with Crippen LogP contribution >= 0.6 is 0 Å². The number of rotatable bonds is 3. The molecule has 2 aromatic rings. The molecule has 4 nitrogen and oxygen atoms in total. The molecule has 0 amide bonds. The maximum atomic E-state index is 9.12. The van der Waals surface area contributed by atoms with E-state index in [0.717, 1.165) is 11.0 Å². The predicted molar refractivity (Wildman–Crippen MR) is 98.1 cm³/mol. The van der Waals surface area contributed by atoms with Crippen molar-refractivity contribution in [3.05, 3.63) is 53.6 Å². The molecule has 0 aromatic heterocycles. The predicted octanol–water partition coefficient (Wildman–Crippen LogP) is 3.96. The number of aryl methyl sites for hydroxylation is 1. The van der Waals surface area contributed by atoms with Gasteiger partial charge in [-0.05, 0) is 69.9 Å². The van der Waals surface area contributed by atoms with Crippen LogP contribution in [0.5, 0.6) is 11.5 Å². The Morgan fingerprint density at radius 3 is 2.04 bits per heavy atom. The van der Waals surface area contributed by atoms with Crippen molar-refractivity contribution in [3.8, 4) is 17.6 Å². The van der Waals surface area contributed by atoms with Gasteiger partial charge in [-0.15, -0.1) is 0 Å². The lowest BCUT2D eigenvalue weighted by molar-refractivity contribution is 0.00578. The Morgan fingerprint density at radius 1 is 0.920 bits per heavy atom. The van der Waals surface area contributed by atoms with Crippen LogP contribution in [0.25, 0.3) is 0 Å². The Bertz CT molecular complexity index is 806. The Balaban J connectivity index is 1.75. The Kier molecular flexibility index (Phi) is 4.36. The average Bonchev–Trinajstić information content (AvgIpc) is 2.78. The van der Waals surface area contributed by atoms with Crippen LogP contribution in [0.1, 0.15) is 38.8 Å². The zero-order valence-electron chi connectivity index (χ0n) is 15.3. The molecule has 0 spiro atoms. The summed E-state index contributed by atoms with van der Waals surface area (Å²) in [6.07, 6.45) is 0. The van der Waals surface area contributed by atoms with E-state index in [4.69, 9.17) is 19.3 Å². The maximum Gasteiger partial charge on any atom is 0.494 e. The molecular formula is C20H22BNO3. The fourth-order valence-corrected chi connectivity index (χ4v) is 2.59. The van der Waals surface area contributed by atoms with Gasteiger partial charge >= 0.3 is 7.12 Å². The quantitative estimate of drug-likeness (QED) is 0.797. The maximum absolute atomic E-state index is 9.12. The molecule has 0 saturated carbocycles. The first-order valence-corrected chi connectivity index (χ1v) is 8.36. The minimum absolute atomic E-state index is 0.359. The zero-order valence-corrected chi connectivity index (χ0v) is 15.3. The van der Waals surface area contributed by atoms with E-state index in [2.05, 4.69) is 6.07 Å². The molecule has 3 rings (SSSR count). The smallest absolute Gasteiger partial charge is 0.457 e. The van der Waals surface area contributed by atoms with Gasteiger partial charge in [-0.1, -0.05) is 18.2 Å². The van der Waals surface area contributed by atoms with E-state index < -0.39 is 0 Å². The summed E-state index contributed by atoms with van der Waals surface area (Å²) in [5, 5.41) is 9.12. The van der Waals surface area contributed by atoms with Crippen LogP contribution in [0.15, 0.2) is 42.5 Å². The summed E-state index contributed by atoms with van der Waals surface area (Å²) in [6, 6.07) is 15.3. The topological polar surface area (TPSA) is 51.5 Å². The van der Waals surface area contributed by atoms with Gasteiger partial charge in [0.1, 0.15) is 11.5 Å². The third kappa shape index (κ3) is 3.41. The van der Waals surface area contributed by atoms with E-state index in [-0.39, 0.29) is 18.3 Å². The monoisotopic (exact) mass is 335 g/mol. The number of ether oxygens (including phenoxy) is 1. The van der Waals surface area contributed by atoms with E-state index in [9.17, 15) is 0 Å². The lowest BCUT2D eigenvalue weighted by atomic mass is 9.79. The number of benzene rings is 2. The second kappa shape index (κ2) is 6.22. The van der Waals surface area contributed by atoms with Crippen LogP contribution in [0.4, 0.5) is 0 Å². The van der Waals surface area contributed by atoms with Crippen molar-refractivity contribution in [1.82, 2.24) is 0 Å². The molecule has 1 aliphatic heterocycles. The van der Waals surface area contributed by atoms with Gasteiger partial charge in [0.15, 0.2) is 0 Å². The Hall–Kier alpha value is -2.29. The molecule has 0 bridgehead atoms. The van der Waals surface area contributed by atoms with Gasteiger partial charge in [-0.3, -0.25) is 0 Å². The highest BCUT2D eigenvalue weighted by Gasteiger charge is 2.51. The molecule has 1 saturated heterocycles. The lowest BCUT2D eigenvalue weighted by Crippen LogP contribution is -2.41. The standard InChI is InChI=1S/C20H22BNO3/c1-14-6-9-18(12-15(14)13-22)23-17-10-7-16(8-11-17)21-24-19(2,3)20(4,5)25-21/h6-12H,1-5H3. The second-order valence-electron chi connectivity index (χ2n) is 7.35. The third-order valence-corrected chi connectivity index (χ3v) is 4.97. The summed E-state index contributed by atoms with van der Waals surface area (Å²) < 4.78 is 17.9. The number of hydrogen-bond donors (Lipinski definition) is 0. The van der Waals surface area contributed by atoms with Gasteiger partial charge in [-0.2, -0.15) is 5.26 Å². The van der Waals surface area contributed by atoms with E-state index >= 15 is 0 Å². The first kappa shape index (κ1) is 17.5. The van der Waals surface area contributed by atoms with Gasteiger partial charge in [0.25, 0.3) is 0 Å². The van der Waals surface area contributed by atoms with Crippen molar-refractivity contribution in [1.29, 1.82) is 5.26 Å². The lowest BCUT2D eigenvalue weighted by Gasteiger charge is -2.32. The molecular weight excluding hydrogens is 313 g/mol. The van der Waals surface area contributed by atoms with Crippen LogP contribution in [0, 0.1) is 18.3 Å². The highest BCUT2D eigenvalue weighted by Crippen LogP contribution is 2.36. The summed E-state index contributed by atoms with van der Waals surface area (Å²) in [4.78, 5) is 0. The number of hydrogen-bond acceptors (Lipinski definition) is 4. The zero-order chi connectivity index (χ0) is 18.2. The summed E-state index contributed by atoms with van der Waals surface area (Å²) in [5.41, 5.74) is 1.79. The van der Waals surface area contributed by atoms with Crippen molar-refractivity contribution in [2.24, 2.45) is 0 Å². The molecule has 0 unspecified atom stereocenters. The van der Waals surface area contributed by atoms with Crippen molar-refractivity contribution < 1.29 is 14.0 Å². The summed E-state index contributed by atoms with van der Waals surface area (Å²) in [6.45, 7) is 10.0. The molecule has 0 atom stereocenters. The first-order valence-electron chi connectivity index (χ1n) is 8.36. The molecule has 0 N–H and O–H groups in total. The van der Waals surface area contributed by atoms with Crippen LogP contribution in [-0.2, 0) is 9.31 Å². The van der Waals surface area contributed by atoms with Crippen LogP contribution in [0.3, 0.4) is 0 Å². The van der Waals surface area contributed by atoms with Crippen molar-refractivity contribution >= 4 is 12.6 Å². The molecule has 0 aliphatic carbocycles. The highest BCUT2D eigenvalue weighted by atomic mass is 16.7. The Labute approximate surface area is 149 Å². The minimum Gasteiger partial charge on any atom is -0.457 e. The van der Waals surface area contributed by atoms with Crippen LogP contribution < -0.4 is 10.2 Å². The molecule has 128 valence electrons. The fourth-order valence-electron chi connectivity index (χ4n) is 2.59. The third-order valence-electron chi connectivity index (χ3n) is 4.97. The van der Waals surface area contributed by atoms with Crippen LogP contribution in [0.2, 0.25) is 0 Å². The van der Waals surface area contributed by atoms with Gasteiger partial charge in [0, 0.05) is 0 Å². The van der Waals surface area contributed by atoms with E-state index in [0.29, 0.717) is 17.1 Å². The molecule has 5 heteroatoms. The van der Waals surface area contributed by atoms with Crippen molar-refractivity contribution in [2.45, 2.75) is 45.8 Å². The minimum atomic E-state index is -0.386. The van der Waals surface area contributed by atoms with Gasteiger partial charge in [-0.25, -0.2) is 0 Å². The number of nitriles is 1. The molecule has 1 heterocycles. The highest BCUT2D eigenvalue weighted by molar-refractivity contribution is 6.62. The fraction of sp³-hybridized carbons (Fsp3) is 0.350. The van der Waals surface area contributed by atoms with Crippen molar-refractivity contribution in [3.63, 3.8) is 0 Å². The average molecular weight is 335 g/mol. The SMILES string of the molecule is Cc1ccc(Oc2ccc(B3OC(C)(C)C(C)(C)O3)cc2)cc1C#N. The van der Waals surface area contributed by atoms with Gasteiger partial charge in [0.2, 0.25) is 0 Å². The summed E-state index contributed by atoms with van der Waals surface area (Å²) >= 11 is 0. The molecule has 1 fully saturated rings. The largest absolute Gasteiger partial charge is 0.494 e. The van der Waals surface area contributed by atoms with E-state index in [1.165, 1.54) is 0 Å². The van der Waals surface area contributed by atoms with E-state index in [1.807, 2.05) is 71.0 Å². The molecule has 0 radical (unpaired) electrons. The Morgan fingerprint density at radius 2 is 1.48 bits per heavy atom. The van der Waals surface area contributed by atoms with Crippen LogP contribution in [-0.4, -0.2) is 18.3 Å². The summed E-state index contributed by atoms with van der Waals surface area (Å²) in [7, 11) is -0.386. The van der Waals surface area contributed by atoms with Gasteiger partial charge < -0.3 is 14.0 Å². The molecule has 2 aromatic carbocycles. The summed E-state index contributed by atoms with van der Waals surface area (Å²) in [5.74, 6) is 1.35. The van der Waals surface area contributed by atoms with Crippen molar-refractivity contribution in [2.75, 3.05) is 0 Å².